The summed E-state index contributed by atoms with van der Waals surface area (Å²) in [6.45, 7) is 5.69. The van der Waals surface area contributed by atoms with Crippen LogP contribution < -0.4 is 10.2 Å². The number of nitrogens with zero attached hydrogens (tertiary/aromatic N) is 4. The van der Waals surface area contributed by atoms with Crippen LogP contribution in [0.5, 0.6) is 0 Å². The minimum absolute atomic E-state index is 0.205. The SMILES string of the molecule is O=C(NCCCN1CCN(c2ncccn2)CC1)C1(c2ccccc2)CCC1. The zero-order valence-corrected chi connectivity index (χ0v) is 16.4. The van der Waals surface area contributed by atoms with Crippen molar-refractivity contribution in [2.24, 2.45) is 0 Å². The molecule has 1 aliphatic carbocycles. The van der Waals surface area contributed by atoms with Crippen LogP contribution in [0.25, 0.3) is 0 Å². The number of benzene rings is 1. The van der Waals surface area contributed by atoms with E-state index in [0.29, 0.717) is 0 Å². The number of carbonyl (C=O) groups is 1. The van der Waals surface area contributed by atoms with Gasteiger partial charge in [-0.25, -0.2) is 9.97 Å². The largest absolute Gasteiger partial charge is 0.355 e. The fraction of sp³-hybridized carbons (Fsp3) is 0.500. The zero-order chi connectivity index (χ0) is 19.2. The third-order valence-electron chi connectivity index (χ3n) is 6.11. The van der Waals surface area contributed by atoms with Gasteiger partial charge in [-0.1, -0.05) is 36.8 Å². The van der Waals surface area contributed by atoms with E-state index in [1.807, 2.05) is 24.3 Å². The maximum atomic E-state index is 12.9. The summed E-state index contributed by atoms with van der Waals surface area (Å²) in [5, 5.41) is 3.20. The lowest BCUT2D eigenvalue weighted by atomic mass is 9.64. The fourth-order valence-corrected chi connectivity index (χ4v) is 4.23. The maximum Gasteiger partial charge on any atom is 0.230 e. The van der Waals surface area contributed by atoms with Crippen LogP contribution in [0.3, 0.4) is 0 Å². The van der Waals surface area contributed by atoms with Crippen molar-refractivity contribution in [3.8, 4) is 0 Å². The molecule has 1 aromatic heterocycles. The van der Waals surface area contributed by atoms with Crippen molar-refractivity contribution in [2.45, 2.75) is 31.1 Å². The third-order valence-corrected chi connectivity index (χ3v) is 6.11. The Labute approximate surface area is 167 Å². The highest BCUT2D eigenvalue weighted by Crippen LogP contribution is 2.43. The van der Waals surface area contributed by atoms with Gasteiger partial charge in [-0.2, -0.15) is 0 Å². The van der Waals surface area contributed by atoms with Gasteiger partial charge in [0.1, 0.15) is 0 Å². The van der Waals surface area contributed by atoms with E-state index >= 15 is 0 Å². The van der Waals surface area contributed by atoms with E-state index in [9.17, 15) is 4.79 Å². The van der Waals surface area contributed by atoms with E-state index < -0.39 is 0 Å². The van der Waals surface area contributed by atoms with E-state index in [0.717, 1.165) is 76.5 Å². The van der Waals surface area contributed by atoms with Crippen LogP contribution in [0.15, 0.2) is 48.8 Å². The topological polar surface area (TPSA) is 61.4 Å². The molecule has 6 heteroatoms. The van der Waals surface area contributed by atoms with Crippen molar-refractivity contribution < 1.29 is 4.79 Å². The smallest absolute Gasteiger partial charge is 0.230 e. The molecule has 1 saturated carbocycles. The molecule has 0 spiro atoms. The van der Waals surface area contributed by atoms with Crippen LogP contribution >= 0.6 is 0 Å². The first-order chi connectivity index (χ1) is 13.8. The molecule has 4 rings (SSSR count). The van der Waals surface area contributed by atoms with Crippen LogP contribution in [0.1, 0.15) is 31.2 Å². The van der Waals surface area contributed by atoms with E-state index in [2.05, 4.69) is 37.2 Å². The molecule has 0 unspecified atom stereocenters. The Morgan fingerprint density at radius 1 is 1.00 bits per heavy atom. The van der Waals surface area contributed by atoms with Gasteiger partial charge in [0, 0.05) is 45.1 Å². The number of anilines is 1. The highest BCUT2D eigenvalue weighted by atomic mass is 16.2. The first-order valence-corrected chi connectivity index (χ1v) is 10.4. The average molecular weight is 380 g/mol. The molecule has 2 aliphatic rings. The summed E-state index contributed by atoms with van der Waals surface area (Å²) in [5.41, 5.74) is 0.876. The number of nitrogens with one attached hydrogen (secondary N) is 1. The first-order valence-electron chi connectivity index (χ1n) is 10.4. The summed E-state index contributed by atoms with van der Waals surface area (Å²) in [7, 11) is 0. The second-order valence-electron chi connectivity index (χ2n) is 7.79. The van der Waals surface area contributed by atoms with Gasteiger partial charge in [0.05, 0.1) is 5.41 Å². The lowest BCUT2D eigenvalue weighted by Crippen LogP contribution is -2.50. The predicted molar refractivity (Wildman–Crippen MR) is 110 cm³/mol. The predicted octanol–water partition coefficient (Wildman–Crippen LogP) is 2.23. The second kappa shape index (κ2) is 8.69. The highest BCUT2D eigenvalue weighted by Gasteiger charge is 2.45. The molecule has 6 nitrogen and oxygen atoms in total. The number of hydrogen-bond acceptors (Lipinski definition) is 5. The number of hydrogen-bond donors (Lipinski definition) is 1. The minimum Gasteiger partial charge on any atom is -0.355 e. The normalized spacial score (nSPS) is 19.1. The molecule has 0 atom stereocenters. The maximum absolute atomic E-state index is 12.9. The van der Waals surface area contributed by atoms with E-state index in [-0.39, 0.29) is 11.3 Å². The summed E-state index contributed by atoms with van der Waals surface area (Å²) in [5.74, 6) is 1.03. The number of piperazine rings is 1. The van der Waals surface area contributed by atoms with Gasteiger partial charge in [-0.05, 0) is 37.4 Å². The third kappa shape index (κ3) is 4.02. The second-order valence-corrected chi connectivity index (χ2v) is 7.79. The Morgan fingerprint density at radius 3 is 2.36 bits per heavy atom. The fourth-order valence-electron chi connectivity index (χ4n) is 4.23. The summed E-state index contributed by atoms with van der Waals surface area (Å²) in [6.07, 6.45) is 7.64. The van der Waals surface area contributed by atoms with E-state index in [1.54, 1.807) is 12.4 Å². The molecule has 0 radical (unpaired) electrons. The van der Waals surface area contributed by atoms with Crippen molar-refractivity contribution in [2.75, 3.05) is 44.2 Å². The van der Waals surface area contributed by atoms with E-state index in [4.69, 9.17) is 0 Å². The van der Waals surface area contributed by atoms with Crippen LogP contribution in [0.4, 0.5) is 5.95 Å². The number of aromatic nitrogens is 2. The molecule has 2 aromatic rings. The van der Waals surface area contributed by atoms with Gasteiger partial charge in [-0.15, -0.1) is 0 Å². The molecule has 1 aliphatic heterocycles. The molecular formula is C22H29N5O. The van der Waals surface area contributed by atoms with Crippen LogP contribution in [-0.2, 0) is 10.2 Å². The standard InChI is InChI=1S/C22H29N5O/c28-20(22(9-4-10-22)19-7-2-1-3-8-19)23-13-6-14-26-15-17-27(18-16-26)21-24-11-5-12-25-21/h1-3,5,7-8,11-12H,4,6,9-10,13-18H2,(H,23,28). The summed E-state index contributed by atoms with van der Waals surface area (Å²) in [4.78, 5) is 26.2. The summed E-state index contributed by atoms with van der Waals surface area (Å²) in [6, 6.07) is 12.1. The van der Waals surface area contributed by atoms with Crippen molar-refractivity contribution >= 4 is 11.9 Å². The van der Waals surface area contributed by atoms with Crippen molar-refractivity contribution in [3.63, 3.8) is 0 Å². The average Bonchev–Trinajstić information content (AvgIpc) is 2.72. The van der Waals surface area contributed by atoms with Gasteiger partial charge < -0.3 is 10.2 Å². The zero-order valence-electron chi connectivity index (χ0n) is 16.4. The minimum atomic E-state index is -0.289. The number of amides is 1. The quantitative estimate of drug-likeness (QED) is 0.748. The molecule has 1 saturated heterocycles. The molecule has 2 heterocycles. The number of carbonyl (C=O) groups excluding carboxylic acids is 1. The Bertz CT molecular complexity index is 755. The summed E-state index contributed by atoms with van der Waals surface area (Å²) >= 11 is 0. The Hall–Kier alpha value is -2.47. The molecular weight excluding hydrogens is 350 g/mol. The van der Waals surface area contributed by atoms with Crippen molar-refractivity contribution in [3.05, 3.63) is 54.4 Å². The first kappa shape index (κ1) is 18.9. The van der Waals surface area contributed by atoms with E-state index in [1.165, 1.54) is 0 Å². The molecule has 2 fully saturated rings. The van der Waals surface area contributed by atoms with Gasteiger partial charge >= 0.3 is 0 Å². The van der Waals surface area contributed by atoms with Crippen LogP contribution in [0, 0.1) is 0 Å². The van der Waals surface area contributed by atoms with Gasteiger partial charge in [0.2, 0.25) is 11.9 Å². The number of rotatable bonds is 7. The molecule has 28 heavy (non-hydrogen) atoms. The Kier molecular flexibility index (Phi) is 5.86. The molecule has 1 N–H and O–H groups in total. The Balaban J connectivity index is 1.19. The van der Waals surface area contributed by atoms with Crippen LogP contribution in [0.2, 0.25) is 0 Å². The Morgan fingerprint density at radius 2 is 1.71 bits per heavy atom. The van der Waals surface area contributed by atoms with Crippen molar-refractivity contribution in [1.29, 1.82) is 0 Å². The molecule has 1 amide bonds. The summed E-state index contributed by atoms with van der Waals surface area (Å²) < 4.78 is 0. The van der Waals surface area contributed by atoms with Crippen molar-refractivity contribution in [1.82, 2.24) is 20.2 Å². The monoisotopic (exact) mass is 379 g/mol. The van der Waals surface area contributed by atoms with Gasteiger partial charge in [0.15, 0.2) is 0 Å². The lowest BCUT2D eigenvalue weighted by Gasteiger charge is -2.40. The molecule has 148 valence electrons. The lowest BCUT2D eigenvalue weighted by molar-refractivity contribution is -0.129. The molecule has 0 bridgehead atoms. The highest BCUT2D eigenvalue weighted by molar-refractivity contribution is 5.89. The van der Waals surface area contributed by atoms with Crippen LogP contribution in [-0.4, -0.2) is 60.0 Å². The van der Waals surface area contributed by atoms with Gasteiger partial charge in [-0.3, -0.25) is 9.69 Å². The van der Waals surface area contributed by atoms with Gasteiger partial charge in [0.25, 0.3) is 0 Å². The molecule has 1 aromatic carbocycles.